The Hall–Kier alpha value is -1.03. The first kappa shape index (κ1) is 12.4. The summed E-state index contributed by atoms with van der Waals surface area (Å²) >= 11 is 2.01. The average molecular weight is 253 g/mol. The summed E-state index contributed by atoms with van der Waals surface area (Å²) in [5.74, 6) is 4.05. The lowest BCUT2D eigenvalue weighted by Crippen LogP contribution is -2.17. The summed E-state index contributed by atoms with van der Waals surface area (Å²) < 4.78 is 10.8. The summed E-state index contributed by atoms with van der Waals surface area (Å²) in [7, 11) is 1.67. The third-order valence-corrected chi connectivity index (χ3v) is 3.93. The van der Waals surface area contributed by atoms with Crippen molar-refractivity contribution in [1.29, 1.82) is 0 Å². The lowest BCUT2D eigenvalue weighted by atomic mass is 10.2. The van der Waals surface area contributed by atoms with Crippen molar-refractivity contribution in [2.75, 3.05) is 30.5 Å². The van der Waals surface area contributed by atoms with Gasteiger partial charge in [0.15, 0.2) is 11.5 Å². The number of hydrogen-bond donors (Lipinski definition) is 1. The molecule has 0 saturated carbocycles. The van der Waals surface area contributed by atoms with Crippen molar-refractivity contribution < 1.29 is 9.47 Å². The van der Waals surface area contributed by atoms with Crippen LogP contribution in [0.5, 0.6) is 11.5 Å². The normalized spacial score (nSPS) is 19.1. The summed E-state index contributed by atoms with van der Waals surface area (Å²) in [4.78, 5) is 0. The molecule has 0 spiro atoms. The van der Waals surface area contributed by atoms with Crippen LogP contribution in [0.2, 0.25) is 0 Å². The molecule has 1 N–H and O–H groups in total. The summed E-state index contributed by atoms with van der Waals surface area (Å²) in [6.45, 7) is 2.63. The number of benzene rings is 1. The monoisotopic (exact) mass is 253 g/mol. The van der Waals surface area contributed by atoms with Gasteiger partial charge in [0.2, 0.25) is 0 Å². The molecule has 0 radical (unpaired) electrons. The van der Waals surface area contributed by atoms with Crippen molar-refractivity contribution in [3.05, 3.63) is 18.2 Å². The molecule has 0 aromatic heterocycles. The Morgan fingerprint density at radius 1 is 1.41 bits per heavy atom. The van der Waals surface area contributed by atoms with Crippen molar-refractivity contribution in [2.45, 2.75) is 19.4 Å². The Balaban J connectivity index is 2.08. The standard InChI is InChI=1S/C13H19NO2S/c1-3-16-13-8-10(4-5-12(13)15-2)14-11-6-7-17-9-11/h4-5,8,11,14H,3,6-7,9H2,1-2H3. The third kappa shape index (κ3) is 3.22. The summed E-state index contributed by atoms with van der Waals surface area (Å²) in [5.41, 5.74) is 1.11. The summed E-state index contributed by atoms with van der Waals surface area (Å²) in [5, 5.41) is 3.53. The molecule has 94 valence electrons. The van der Waals surface area contributed by atoms with Gasteiger partial charge in [0.25, 0.3) is 0 Å². The van der Waals surface area contributed by atoms with Gasteiger partial charge >= 0.3 is 0 Å². The molecule has 3 nitrogen and oxygen atoms in total. The van der Waals surface area contributed by atoms with Gasteiger partial charge in [-0.1, -0.05) is 0 Å². The van der Waals surface area contributed by atoms with E-state index in [0.717, 1.165) is 17.2 Å². The van der Waals surface area contributed by atoms with Crippen LogP contribution in [-0.4, -0.2) is 31.3 Å². The zero-order valence-corrected chi connectivity index (χ0v) is 11.2. The average Bonchev–Trinajstić information content (AvgIpc) is 2.83. The molecule has 1 saturated heterocycles. The summed E-state index contributed by atoms with van der Waals surface area (Å²) in [6, 6.07) is 6.60. The Kier molecular flexibility index (Phi) is 4.42. The Bertz CT molecular complexity index is 364. The smallest absolute Gasteiger partial charge is 0.163 e. The molecule has 1 fully saturated rings. The maximum absolute atomic E-state index is 5.56. The van der Waals surface area contributed by atoms with E-state index in [1.165, 1.54) is 17.9 Å². The largest absolute Gasteiger partial charge is 0.493 e. The topological polar surface area (TPSA) is 30.5 Å². The molecule has 1 heterocycles. The van der Waals surface area contributed by atoms with Crippen LogP contribution in [0, 0.1) is 0 Å². The second kappa shape index (κ2) is 6.05. The molecule has 1 aromatic rings. The fourth-order valence-electron chi connectivity index (χ4n) is 1.92. The predicted molar refractivity (Wildman–Crippen MR) is 73.5 cm³/mol. The first-order chi connectivity index (χ1) is 8.33. The second-order valence-corrected chi connectivity index (χ2v) is 5.15. The van der Waals surface area contributed by atoms with E-state index < -0.39 is 0 Å². The number of ether oxygens (including phenoxy) is 2. The van der Waals surface area contributed by atoms with E-state index in [2.05, 4.69) is 5.32 Å². The van der Waals surface area contributed by atoms with Crippen molar-refractivity contribution in [3.63, 3.8) is 0 Å². The Labute approximate surface area is 107 Å². The lowest BCUT2D eigenvalue weighted by Gasteiger charge is -2.15. The van der Waals surface area contributed by atoms with Crippen molar-refractivity contribution in [2.24, 2.45) is 0 Å². The molecule has 1 atom stereocenters. The maximum atomic E-state index is 5.56. The molecular weight excluding hydrogens is 234 g/mol. The van der Waals surface area contributed by atoms with Gasteiger partial charge in [0.1, 0.15) is 0 Å². The van der Waals surface area contributed by atoms with Gasteiger partial charge in [0, 0.05) is 23.5 Å². The fourth-order valence-corrected chi connectivity index (χ4v) is 3.07. The number of methoxy groups -OCH3 is 1. The summed E-state index contributed by atoms with van der Waals surface area (Å²) in [6.07, 6.45) is 1.24. The van der Waals surface area contributed by atoms with Crippen LogP contribution in [0.3, 0.4) is 0 Å². The van der Waals surface area contributed by atoms with E-state index in [4.69, 9.17) is 9.47 Å². The van der Waals surface area contributed by atoms with E-state index in [0.29, 0.717) is 12.6 Å². The molecule has 17 heavy (non-hydrogen) atoms. The Morgan fingerprint density at radius 3 is 2.94 bits per heavy atom. The van der Waals surface area contributed by atoms with Gasteiger partial charge in [-0.3, -0.25) is 0 Å². The van der Waals surface area contributed by atoms with Crippen molar-refractivity contribution >= 4 is 17.4 Å². The third-order valence-electron chi connectivity index (χ3n) is 2.76. The van der Waals surface area contributed by atoms with E-state index in [1.54, 1.807) is 7.11 Å². The van der Waals surface area contributed by atoms with Crippen LogP contribution < -0.4 is 14.8 Å². The first-order valence-electron chi connectivity index (χ1n) is 5.98. The zero-order valence-electron chi connectivity index (χ0n) is 10.4. The van der Waals surface area contributed by atoms with E-state index in [-0.39, 0.29) is 0 Å². The molecule has 0 bridgehead atoms. The highest BCUT2D eigenvalue weighted by molar-refractivity contribution is 7.99. The minimum atomic E-state index is 0.586. The number of thioether (sulfide) groups is 1. The predicted octanol–water partition coefficient (Wildman–Crippen LogP) is 3.01. The van der Waals surface area contributed by atoms with Gasteiger partial charge in [-0.15, -0.1) is 0 Å². The molecule has 1 aliphatic heterocycles. The zero-order chi connectivity index (χ0) is 12.1. The van der Waals surface area contributed by atoms with E-state index >= 15 is 0 Å². The molecule has 0 amide bonds. The molecule has 1 unspecified atom stereocenters. The van der Waals surface area contributed by atoms with Gasteiger partial charge in [0.05, 0.1) is 13.7 Å². The molecule has 1 aromatic carbocycles. The fraction of sp³-hybridized carbons (Fsp3) is 0.538. The highest BCUT2D eigenvalue weighted by Crippen LogP contribution is 2.31. The molecule has 4 heteroatoms. The molecule has 1 aliphatic rings. The lowest BCUT2D eigenvalue weighted by molar-refractivity contribution is 0.311. The van der Waals surface area contributed by atoms with Gasteiger partial charge in [-0.25, -0.2) is 0 Å². The van der Waals surface area contributed by atoms with Crippen molar-refractivity contribution in [3.8, 4) is 11.5 Å². The van der Waals surface area contributed by atoms with Crippen LogP contribution in [0.25, 0.3) is 0 Å². The van der Waals surface area contributed by atoms with Crippen LogP contribution in [0.1, 0.15) is 13.3 Å². The SMILES string of the molecule is CCOc1cc(NC2CCSC2)ccc1OC. The van der Waals surface area contributed by atoms with Crippen LogP contribution in [0.15, 0.2) is 18.2 Å². The van der Waals surface area contributed by atoms with Gasteiger partial charge in [-0.2, -0.15) is 11.8 Å². The Morgan fingerprint density at radius 2 is 2.29 bits per heavy atom. The highest BCUT2D eigenvalue weighted by atomic mass is 32.2. The number of rotatable bonds is 5. The minimum absolute atomic E-state index is 0.586. The van der Waals surface area contributed by atoms with E-state index in [9.17, 15) is 0 Å². The highest BCUT2D eigenvalue weighted by Gasteiger charge is 2.15. The van der Waals surface area contributed by atoms with Crippen LogP contribution >= 0.6 is 11.8 Å². The molecule has 2 rings (SSSR count). The maximum Gasteiger partial charge on any atom is 0.163 e. The van der Waals surface area contributed by atoms with Gasteiger partial charge in [-0.05, 0) is 31.2 Å². The second-order valence-electron chi connectivity index (χ2n) is 4.00. The van der Waals surface area contributed by atoms with Crippen LogP contribution in [-0.2, 0) is 0 Å². The number of nitrogens with one attached hydrogen (secondary N) is 1. The number of hydrogen-bond acceptors (Lipinski definition) is 4. The number of anilines is 1. The quantitative estimate of drug-likeness (QED) is 0.874. The molecule has 0 aliphatic carbocycles. The molecular formula is C13H19NO2S. The van der Waals surface area contributed by atoms with Crippen molar-refractivity contribution in [1.82, 2.24) is 0 Å². The first-order valence-corrected chi connectivity index (χ1v) is 7.14. The minimum Gasteiger partial charge on any atom is -0.493 e. The van der Waals surface area contributed by atoms with Gasteiger partial charge < -0.3 is 14.8 Å². The van der Waals surface area contributed by atoms with E-state index in [1.807, 2.05) is 36.9 Å². The van der Waals surface area contributed by atoms with Crippen LogP contribution in [0.4, 0.5) is 5.69 Å².